The maximum Gasteiger partial charge on any atom is 0.412 e. The number of amides is 2. The molecule has 0 aromatic carbocycles. The number of rotatable bonds is 5. The molecule has 0 aliphatic carbocycles. The number of nitrogens with two attached hydrogens (primary N) is 2. The monoisotopic (exact) mass is 298 g/mol. The molecule has 1 rings (SSSR count). The summed E-state index contributed by atoms with van der Waals surface area (Å²) in [6.45, 7) is 3.71. The molecule has 0 radical (unpaired) electrons. The van der Waals surface area contributed by atoms with Crippen molar-refractivity contribution in [3.63, 3.8) is 0 Å². The second kappa shape index (κ2) is 7.75. The number of nitrogens with one attached hydrogen (secondary N) is 3. The van der Waals surface area contributed by atoms with E-state index in [4.69, 9.17) is 21.1 Å². The lowest BCUT2D eigenvalue weighted by Crippen LogP contribution is -2.20. The van der Waals surface area contributed by atoms with Gasteiger partial charge in [-0.2, -0.15) is 0 Å². The van der Waals surface area contributed by atoms with Crippen LogP contribution >= 0.6 is 0 Å². The summed E-state index contributed by atoms with van der Waals surface area (Å²) in [5.41, 5.74) is 8.48. The normalized spacial score (nSPS) is 9.67. The largest absolute Gasteiger partial charge is 0.450 e. The van der Waals surface area contributed by atoms with Crippen molar-refractivity contribution in [1.29, 1.82) is 0 Å². The molecule has 0 aliphatic rings. The summed E-state index contributed by atoms with van der Waals surface area (Å²) < 4.78 is 9.45. The number of hydrogen-bond acceptors (Lipinski definition) is 8. The zero-order chi connectivity index (χ0) is 15.8. The number of carbonyl (C=O) groups is 2. The molecule has 1 aromatic heterocycles. The highest BCUT2D eigenvalue weighted by Crippen LogP contribution is 2.28. The Morgan fingerprint density at radius 2 is 1.76 bits per heavy atom. The van der Waals surface area contributed by atoms with Crippen molar-refractivity contribution in [3.8, 4) is 0 Å². The van der Waals surface area contributed by atoms with Crippen molar-refractivity contribution < 1.29 is 19.1 Å². The Hall–Kier alpha value is -2.75. The number of hydrogen-bond donors (Lipinski definition) is 5. The SMILES string of the molecule is CCOC(=O)Nc1cc(NN)c(N)c(NC(=O)OCC)n1. The molecule has 21 heavy (non-hydrogen) atoms. The van der Waals surface area contributed by atoms with Crippen LogP contribution in [0.2, 0.25) is 0 Å². The van der Waals surface area contributed by atoms with Gasteiger partial charge in [-0.3, -0.25) is 16.5 Å². The van der Waals surface area contributed by atoms with E-state index in [0.29, 0.717) is 0 Å². The van der Waals surface area contributed by atoms with E-state index < -0.39 is 12.2 Å². The van der Waals surface area contributed by atoms with Gasteiger partial charge >= 0.3 is 12.2 Å². The van der Waals surface area contributed by atoms with Gasteiger partial charge in [-0.05, 0) is 13.8 Å². The van der Waals surface area contributed by atoms with Gasteiger partial charge in [-0.1, -0.05) is 0 Å². The lowest BCUT2D eigenvalue weighted by atomic mass is 10.3. The smallest absolute Gasteiger partial charge is 0.412 e. The van der Waals surface area contributed by atoms with Crippen LogP contribution in [0.15, 0.2) is 6.07 Å². The van der Waals surface area contributed by atoms with Crippen LogP contribution in [0.25, 0.3) is 0 Å². The predicted octanol–water partition coefficient (Wildman–Crippen LogP) is 1.09. The van der Waals surface area contributed by atoms with Crippen LogP contribution in [-0.4, -0.2) is 30.4 Å². The molecule has 0 saturated carbocycles. The van der Waals surface area contributed by atoms with Crippen LogP contribution in [0, 0.1) is 0 Å². The lowest BCUT2D eigenvalue weighted by Gasteiger charge is -2.13. The van der Waals surface area contributed by atoms with Gasteiger partial charge < -0.3 is 20.6 Å². The van der Waals surface area contributed by atoms with Crippen LogP contribution in [0.3, 0.4) is 0 Å². The Bertz CT molecular complexity index is 522. The molecular formula is C11H18N6O4. The Balaban J connectivity index is 3.00. The molecule has 0 fully saturated rings. The minimum absolute atomic E-state index is 0.00398. The van der Waals surface area contributed by atoms with Crippen molar-refractivity contribution in [1.82, 2.24) is 4.98 Å². The van der Waals surface area contributed by atoms with Gasteiger partial charge in [0.15, 0.2) is 5.82 Å². The third-order valence-corrected chi connectivity index (χ3v) is 2.22. The van der Waals surface area contributed by atoms with Crippen molar-refractivity contribution in [2.75, 3.05) is 35.0 Å². The molecule has 0 bridgehead atoms. The molecule has 1 heterocycles. The molecule has 0 saturated heterocycles. The fraction of sp³-hybridized carbons (Fsp3) is 0.364. The van der Waals surface area contributed by atoms with Crippen molar-refractivity contribution in [2.24, 2.45) is 5.84 Å². The van der Waals surface area contributed by atoms with Crippen LogP contribution in [0.1, 0.15) is 13.8 Å². The van der Waals surface area contributed by atoms with Gasteiger partial charge in [-0.25, -0.2) is 14.6 Å². The lowest BCUT2D eigenvalue weighted by molar-refractivity contribution is 0.167. The molecule has 1 aromatic rings. The zero-order valence-electron chi connectivity index (χ0n) is 11.7. The zero-order valence-corrected chi connectivity index (χ0v) is 11.7. The highest BCUT2D eigenvalue weighted by atomic mass is 16.6. The average Bonchev–Trinajstić information content (AvgIpc) is 2.42. The van der Waals surface area contributed by atoms with E-state index in [2.05, 4.69) is 21.0 Å². The highest BCUT2D eigenvalue weighted by molar-refractivity contribution is 5.93. The van der Waals surface area contributed by atoms with Crippen molar-refractivity contribution in [2.45, 2.75) is 13.8 Å². The van der Waals surface area contributed by atoms with E-state index in [9.17, 15) is 9.59 Å². The first-order valence-corrected chi connectivity index (χ1v) is 6.16. The average molecular weight is 298 g/mol. The molecule has 0 aliphatic heterocycles. The highest BCUT2D eigenvalue weighted by Gasteiger charge is 2.14. The van der Waals surface area contributed by atoms with Crippen LogP contribution in [0.5, 0.6) is 0 Å². The standard InChI is InChI=1S/C11H18N6O4/c1-3-20-10(18)15-7-5-6(17-13)8(12)9(14-7)16-11(19)21-4-2/h5H,3-4,12-13H2,1-2H3,(H3,14,15,16,17,18,19). The molecule has 2 amide bonds. The third kappa shape index (κ3) is 4.69. The summed E-state index contributed by atoms with van der Waals surface area (Å²) in [6, 6.07) is 1.39. The number of anilines is 4. The summed E-state index contributed by atoms with van der Waals surface area (Å²) in [6.07, 6.45) is -1.42. The summed E-state index contributed by atoms with van der Waals surface area (Å²) in [5, 5.41) is 4.72. The molecule has 10 nitrogen and oxygen atoms in total. The summed E-state index contributed by atoms with van der Waals surface area (Å²) >= 11 is 0. The van der Waals surface area contributed by atoms with Gasteiger partial charge in [0.2, 0.25) is 0 Å². The predicted molar refractivity (Wildman–Crippen MR) is 77.7 cm³/mol. The second-order valence-corrected chi connectivity index (χ2v) is 3.65. The minimum atomic E-state index is -0.729. The molecule has 10 heteroatoms. The van der Waals surface area contributed by atoms with Gasteiger partial charge in [0.25, 0.3) is 0 Å². The fourth-order valence-electron chi connectivity index (χ4n) is 1.37. The third-order valence-electron chi connectivity index (χ3n) is 2.22. The minimum Gasteiger partial charge on any atom is -0.450 e. The van der Waals surface area contributed by atoms with Gasteiger partial charge in [0.1, 0.15) is 11.5 Å². The Labute approximate surface area is 121 Å². The number of nitrogen functional groups attached to an aromatic ring is 2. The Morgan fingerprint density at radius 1 is 1.19 bits per heavy atom. The van der Waals surface area contributed by atoms with Gasteiger partial charge in [0.05, 0.1) is 18.9 Å². The van der Waals surface area contributed by atoms with E-state index >= 15 is 0 Å². The number of ether oxygens (including phenoxy) is 2. The van der Waals surface area contributed by atoms with E-state index in [1.807, 2.05) is 0 Å². The van der Waals surface area contributed by atoms with Crippen molar-refractivity contribution >= 4 is 35.2 Å². The number of pyridine rings is 1. The first kappa shape index (κ1) is 16.3. The molecule has 0 unspecified atom stereocenters. The van der Waals surface area contributed by atoms with Crippen LogP contribution in [0.4, 0.5) is 32.6 Å². The van der Waals surface area contributed by atoms with Crippen molar-refractivity contribution in [3.05, 3.63) is 6.07 Å². The number of hydrazine groups is 1. The van der Waals surface area contributed by atoms with E-state index in [-0.39, 0.29) is 36.2 Å². The first-order valence-electron chi connectivity index (χ1n) is 6.16. The Kier molecular flexibility index (Phi) is 6.01. The number of aromatic nitrogens is 1. The van der Waals surface area contributed by atoms with E-state index in [0.717, 1.165) is 0 Å². The summed E-state index contributed by atoms with van der Waals surface area (Å²) in [5.74, 6) is 5.42. The van der Waals surface area contributed by atoms with Gasteiger partial charge in [-0.15, -0.1) is 0 Å². The van der Waals surface area contributed by atoms with E-state index in [1.54, 1.807) is 13.8 Å². The second-order valence-electron chi connectivity index (χ2n) is 3.65. The summed E-state index contributed by atoms with van der Waals surface area (Å²) in [7, 11) is 0. The molecule has 0 spiro atoms. The van der Waals surface area contributed by atoms with E-state index in [1.165, 1.54) is 6.07 Å². The van der Waals surface area contributed by atoms with Crippen LogP contribution < -0.4 is 27.6 Å². The Morgan fingerprint density at radius 3 is 2.29 bits per heavy atom. The topological polar surface area (TPSA) is 154 Å². The molecular weight excluding hydrogens is 280 g/mol. The molecule has 7 N–H and O–H groups in total. The first-order chi connectivity index (χ1) is 10.0. The fourth-order valence-corrected chi connectivity index (χ4v) is 1.37. The number of carbonyl (C=O) groups excluding carboxylic acids is 2. The summed E-state index contributed by atoms with van der Waals surface area (Å²) in [4.78, 5) is 26.8. The maximum atomic E-state index is 11.4. The van der Waals surface area contributed by atoms with Crippen LogP contribution in [-0.2, 0) is 9.47 Å². The molecule has 116 valence electrons. The maximum absolute atomic E-state index is 11.4. The quantitative estimate of drug-likeness (QED) is 0.399. The number of nitrogens with zero attached hydrogens (tertiary/aromatic N) is 1. The van der Waals surface area contributed by atoms with Gasteiger partial charge in [0, 0.05) is 6.07 Å². The molecule has 0 atom stereocenters.